The zero-order valence-electron chi connectivity index (χ0n) is 10.9. The molecule has 7 nitrogen and oxygen atoms in total. The Bertz CT molecular complexity index is 494. The number of nitrogens with two attached hydrogens (primary N) is 1. The molecule has 2 atom stereocenters. The summed E-state index contributed by atoms with van der Waals surface area (Å²) in [5.74, 6) is -3.40. The van der Waals surface area contributed by atoms with E-state index in [9.17, 15) is 14.4 Å². The van der Waals surface area contributed by atoms with Crippen LogP contribution in [0.3, 0.4) is 0 Å². The Morgan fingerprint density at radius 2 is 1.89 bits per heavy atom. The van der Waals surface area contributed by atoms with Crippen LogP contribution in [0, 0.1) is 0 Å². The van der Waals surface area contributed by atoms with Crippen molar-refractivity contribution in [3.63, 3.8) is 0 Å². The summed E-state index contributed by atoms with van der Waals surface area (Å²) in [6.45, 7) is 0. The molecule has 7 heteroatoms. The van der Waals surface area contributed by atoms with Gasteiger partial charge in [0.1, 0.15) is 1.41 Å². The minimum absolute atomic E-state index is 0.354. The normalized spacial score (nSPS) is 14.0. The minimum Gasteiger partial charge on any atom is -0.481 e. The number of amides is 1. The molecule has 1 rings (SSSR count). The Balaban J connectivity index is 2.83. The Morgan fingerprint density at radius 1 is 1.26 bits per heavy atom. The molecule has 1 unspecified atom stereocenters. The van der Waals surface area contributed by atoms with Gasteiger partial charge in [-0.05, 0) is 5.56 Å². The zero-order valence-corrected chi connectivity index (χ0v) is 9.87. The molecule has 0 spiro atoms. The average Bonchev–Trinajstić information content (AvgIpc) is 2.42. The Hall–Kier alpha value is -2.41. The lowest BCUT2D eigenvalue weighted by atomic mass is 10.1. The van der Waals surface area contributed by atoms with Crippen LogP contribution in [0.4, 0.5) is 0 Å². The van der Waals surface area contributed by atoms with Crippen molar-refractivity contribution in [2.75, 3.05) is 0 Å². The number of hydrogen-bond acceptors (Lipinski definition) is 4. The van der Waals surface area contributed by atoms with Crippen molar-refractivity contribution in [3.8, 4) is 0 Å². The van der Waals surface area contributed by atoms with Gasteiger partial charge in [0.05, 0.1) is 12.5 Å². The summed E-state index contributed by atoms with van der Waals surface area (Å²) in [4.78, 5) is 33.5. The SMILES string of the molecule is [2H]N[C@@H](CC(=O)O)C(=O)NC(C(=O)O)c1ccccc1. The van der Waals surface area contributed by atoms with Gasteiger partial charge in [-0.3, -0.25) is 9.59 Å². The van der Waals surface area contributed by atoms with Crippen LogP contribution in [-0.4, -0.2) is 34.1 Å². The second-order valence-electron chi connectivity index (χ2n) is 3.84. The van der Waals surface area contributed by atoms with Crippen molar-refractivity contribution in [3.05, 3.63) is 35.9 Å². The molecule has 1 amide bonds. The van der Waals surface area contributed by atoms with Gasteiger partial charge in [0.25, 0.3) is 0 Å². The third-order valence-electron chi connectivity index (χ3n) is 2.36. The topological polar surface area (TPSA) is 130 Å². The molecule has 0 aliphatic carbocycles. The highest BCUT2D eigenvalue weighted by Gasteiger charge is 2.25. The number of aliphatic carboxylic acids is 2. The van der Waals surface area contributed by atoms with E-state index >= 15 is 0 Å². The largest absolute Gasteiger partial charge is 0.481 e. The highest BCUT2D eigenvalue weighted by Crippen LogP contribution is 2.12. The van der Waals surface area contributed by atoms with Crippen LogP contribution in [-0.2, 0) is 14.4 Å². The number of hydrogen-bond donors (Lipinski definition) is 4. The standard InChI is InChI=1S/C12H14N2O5/c13-8(6-9(15)16)11(17)14-10(12(18)19)7-4-2-1-3-5-7/h1-5,8,10H,6,13H2,(H,14,17)(H,15,16)(H,18,19)/t8-,10?/m0/s1/i/hD. The van der Waals surface area contributed by atoms with E-state index in [1.54, 1.807) is 23.9 Å². The maximum absolute atomic E-state index is 11.8. The van der Waals surface area contributed by atoms with Crippen LogP contribution in [0.5, 0.6) is 0 Å². The van der Waals surface area contributed by atoms with Crippen molar-refractivity contribution >= 4 is 17.8 Å². The van der Waals surface area contributed by atoms with E-state index < -0.39 is 36.4 Å². The third-order valence-corrected chi connectivity index (χ3v) is 2.36. The van der Waals surface area contributed by atoms with Gasteiger partial charge < -0.3 is 21.3 Å². The number of benzene rings is 1. The highest BCUT2D eigenvalue weighted by molar-refractivity contribution is 5.89. The van der Waals surface area contributed by atoms with Gasteiger partial charge >= 0.3 is 11.9 Å². The molecular weight excluding hydrogens is 252 g/mol. The summed E-state index contributed by atoms with van der Waals surface area (Å²) in [7, 11) is 0. The molecule has 0 saturated carbocycles. The second-order valence-corrected chi connectivity index (χ2v) is 3.84. The fourth-order valence-electron chi connectivity index (χ4n) is 1.44. The molecule has 19 heavy (non-hydrogen) atoms. The maximum atomic E-state index is 11.8. The molecule has 0 aromatic heterocycles. The van der Waals surface area contributed by atoms with E-state index in [0.717, 1.165) is 0 Å². The van der Waals surface area contributed by atoms with Crippen LogP contribution < -0.4 is 11.0 Å². The van der Waals surface area contributed by atoms with E-state index in [1.807, 2.05) is 0 Å². The van der Waals surface area contributed by atoms with E-state index in [1.165, 1.54) is 12.1 Å². The lowest BCUT2D eigenvalue weighted by Crippen LogP contribution is -2.45. The number of nitrogens with one attached hydrogen (secondary N) is 1. The van der Waals surface area contributed by atoms with Crippen molar-refractivity contribution < 1.29 is 26.0 Å². The monoisotopic (exact) mass is 267 g/mol. The van der Waals surface area contributed by atoms with Crippen molar-refractivity contribution in [2.24, 2.45) is 5.73 Å². The minimum atomic E-state index is -1.32. The quantitative estimate of drug-likeness (QED) is 0.538. The molecule has 0 saturated heterocycles. The van der Waals surface area contributed by atoms with Gasteiger partial charge in [-0.1, -0.05) is 30.3 Å². The maximum Gasteiger partial charge on any atom is 0.330 e. The number of carboxylic acids is 2. The molecule has 1 aromatic rings. The molecule has 5 N–H and O–H groups in total. The Labute approximate surface area is 110 Å². The molecule has 0 aliphatic rings. The number of carboxylic acid groups (broad SMARTS) is 2. The van der Waals surface area contributed by atoms with Gasteiger partial charge in [-0.25, -0.2) is 4.79 Å². The smallest absolute Gasteiger partial charge is 0.330 e. The van der Waals surface area contributed by atoms with E-state index in [4.69, 9.17) is 11.6 Å². The molecule has 0 fully saturated rings. The van der Waals surface area contributed by atoms with Gasteiger partial charge in [0.2, 0.25) is 5.91 Å². The number of rotatable bonds is 7. The van der Waals surface area contributed by atoms with Gasteiger partial charge in [-0.15, -0.1) is 0 Å². The van der Waals surface area contributed by atoms with Crippen LogP contribution in [0.2, 0.25) is 1.41 Å². The summed E-state index contributed by atoms with van der Waals surface area (Å²) >= 11 is 0. The van der Waals surface area contributed by atoms with Crippen molar-refractivity contribution in [1.82, 2.24) is 5.32 Å². The molecule has 0 heterocycles. The van der Waals surface area contributed by atoms with Gasteiger partial charge in [0.15, 0.2) is 6.04 Å². The predicted molar refractivity (Wildman–Crippen MR) is 65.2 cm³/mol. The first-order valence-electron chi connectivity index (χ1n) is 5.93. The fourth-order valence-corrected chi connectivity index (χ4v) is 1.44. The lowest BCUT2D eigenvalue weighted by molar-refractivity contribution is -0.142. The van der Waals surface area contributed by atoms with Crippen LogP contribution in [0.1, 0.15) is 18.0 Å². The first-order chi connectivity index (χ1) is 9.45. The molecule has 1 aromatic carbocycles. The van der Waals surface area contributed by atoms with Crippen molar-refractivity contribution in [2.45, 2.75) is 18.5 Å². The molecule has 0 aliphatic heterocycles. The number of carbonyl (C=O) groups excluding carboxylic acids is 1. The Kier molecular flexibility index (Phi) is 4.46. The average molecular weight is 267 g/mol. The molecular formula is C12H14N2O5. The van der Waals surface area contributed by atoms with E-state index in [0.29, 0.717) is 5.56 Å². The van der Waals surface area contributed by atoms with E-state index in [-0.39, 0.29) is 0 Å². The molecule has 0 radical (unpaired) electrons. The summed E-state index contributed by atoms with van der Waals surface area (Å²) in [5, 5.41) is 19.9. The molecule has 102 valence electrons. The second kappa shape index (κ2) is 6.50. The lowest BCUT2D eigenvalue weighted by Gasteiger charge is -2.17. The highest BCUT2D eigenvalue weighted by atomic mass is 16.4. The first-order valence-corrected chi connectivity index (χ1v) is 5.43. The van der Waals surface area contributed by atoms with Gasteiger partial charge in [-0.2, -0.15) is 0 Å². The zero-order chi connectivity index (χ0) is 15.1. The number of carbonyl (C=O) groups is 3. The van der Waals surface area contributed by atoms with E-state index in [2.05, 4.69) is 5.32 Å². The van der Waals surface area contributed by atoms with Gasteiger partial charge in [0, 0.05) is 0 Å². The van der Waals surface area contributed by atoms with Crippen LogP contribution >= 0.6 is 0 Å². The summed E-state index contributed by atoms with van der Waals surface area (Å²) in [6.07, 6.45) is -0.615. The summed E-state index contributed by atoms with van der Waals surface area (Å²) < 4.78 is 6.92. The van der Waals surface area contributed by atoms with Crippen LogP contribution in [0.15, 0.2) is 30.3 Å². The Morgan fingerprint density at radius 3 is 2.37 bits per heavy atom. The fraction of sp³-hybridized carbons (Fsp3) is 0.250. The summed E-state index contributed by atoms with van der Waals surface area (Å²) in [6, 6.07) is 5.37. The van der Waals surface area contributed by atoms with Crippen molar-refractivity contribution in [1.29, 1.82) is 0 Å². The third kappa shape index (κ3) is 4.40. The molecule has 0 bridgehead atoms. The first kappa shape index (κ1) is 13.0. The predicted octanol–water partition coefficient (Wildman–Crippen LogP) is -0.269. The summed E-state index contributed by atoms with van der Waals surface area (Å²) in [5.41, 5.74) is 2.15. The van der Waals surface area contributed by atoms with Crippen LogP contribution in [0.25, 0.3) is 0 Å².